The summed E-state index contributed by atoms with van der Waals surface area (Å²) in [6, 6.07) is -7.28. The topological polar surface area (TPSA) is 779 Å². The quantitative estimate of drug-likeness (QED) is 0.0331. The molecule has 0 aromatic rings. The highest BCUT2D eigenvalue weighted by Crippen LogP contribution is 2.40. The van der Waals surface area contributed by atoms with Gasteiger partial charge in [0.25, 0.3) is 0 Å². The first-order valence-electron chi connectivity index (χ1n) is 35.6. The Kier molecular flexibility index (Phi) is 33.1. The first kappa shape index (κ1) is 92.1. The summed E-state index contributed by atoms with van der Waals surface area (Å²) in [5.74, 6) is -3.57. The monoisotopic (exact) mass is 1640 g/mol. The van der Waals surface area contributed by atoms with Gasteiger partial charge in [-0.3, -0.25) is 19.2 Å². The van der Waals surface area contributed by atoms with Crippen LogP contribution < -0.4 is 21.3 Å². The largest absolute Gasteiger partial charge is 0.394 e. The van der Waals surface area contributed by atoms with Crippen LogP contribution in [0.2, 0.25) is 0 Å². The molecule has 29 N–H and O–H groups in total. The highest BCUT2D eigenvalue weighted by atomic mass is 16.8. The molecule has 0 saturated carbocycles. The van der Waals surface area contributed by atoms with Gasteiger partial charge in [0.2, 0.25) is 23.6 Å². The zero-order valence-electron chi connectivity index (χ0n) is 60.1. The predicted octanol–water partition coefficient (Wildman–Crippen LogP) is -20.1. The number of aliphatic hydroxyl groups excluding tert-OH is 25. The minimum absolute atomic E-state index is 0.842. The van der Waals surface area contributed by atoms with Crippen LogP contribution in [-0.4, -0.2) is 487 Å². The van der Waals surface area contributed by atoms with E-state index in [9.17, 15) is 147 Å². The molecule has 648 valence electrons. The van der Waals surface area contributed by atoms with Gasteiger partial charge in [-0.1, -0.05) is 0 Å². The van der Waals surface area contributed by atoms with E-state index in [0.717, 1.165) is 27.7 Å². The molecule has 9 saturated heterocycles. The van der Waals surface area contributed by atoms with Crippen LogP contribution in [0.25, 0.3) is 0 Å². The summed E-state index contributed by atoms with van der Waals surface area (Å²) in [7, 11) is 0. The van der Waals surface area contributed by atoms with Crippen LogP contribution in [0, 0.1) is 0 Å². The first-order valence-corrected chi connectivity index (χ1v) is 35.6. The van der Waals surface area contributed by atoms with Crippen molar-refractivity contribution >= 4 is 23.6 Å². The minimum atomic E-state index is -2.49. The number of amides is 4. The van der Waals surface area contributed by atoms with E-state index in [4.69, 9.17) is 80.5 Å². The summed E-state index contributed by atoms with van der Waals surface area (Å²) in [4.78, 5) is 50.8. The molecular formula is C62H104N4O46. The Balaban J connectivity index is 1.02. The van der Waals surface area contributed by atoms with Gasteiger partial charge in [-0.05, 0) is 0 Å². The van der Waals surface area contributed by atoms with Crippen molar-refractivity contribution in [2.75, 3.05) is 59.5 Å². The molecule has 0 aliphatic carbocycles. The maximum atomic E-state index is 13.0. The molecule has 0 unspecified atom stereocenters. The smallest absolute Gasteiger partial charge is 0.217 e. The van der Waals surface area contributed by atoms with Gasteiger partial charge in [0, 0.05) is 27.7 Å². The van der Waals surface area contributed by atoms with Gasteiger partial charge in [0.15, 0.2) is 56.6 Å². The summed E-state index contributed by atoms with van der Waals surface area (Å²) < 4.78 is 100. The average Bonchev–Trinajstić information content (AvgIpc) is 0.643. The molecule has 9 aliphatic heterocycles. The SMILES string of the molecule is CC(=O)N[C@H]1[C@H](OC[C@H]2O[C@H](OC[C@H]3O[C@@H](O)[C@@H](O)[C@@H](O[C@H]4O[C@H](CO)[C@@H](O[C@@H]5O[C@H](CO)[C@@H](O)[C@H](O)[C@H]5NC(C)=O)[C@H](O)[C@@H]4O[C@@H]4O[C@H](CO)[C@@H](O)[C@H](O)[C@H]4NC(C)=O)[C@@H]3O)[C@@H](O[C@@H]3O[C@H](CO)[C@@H](O[C@@H]4O[C@H](CO)[C@H](O)[C@H](O)[C@H]4O)[C@H](O)[C@H]3NC(C)=O)[C@@H](O)[C@@H]2O)O[C@H](CO)[C@@H](O[C@@H]2O[C@H](CO)[C@H](O)[C@H](O)[C@H]2O)[C@@H]1O. The highest BCUT2D eigenvalue weighted by Gasteiger charge is 2.61. The lowest BCUT2D eigenvalue weighted by Gasteiger charge is -2.51. The molecule has 0 aromatic heterocycles. The van der Waals surface area contributed by atoms with Gasteiger partial charge in [-0.2, -0.15) is 0 Å². The molecule has 0 spiro atoms. The Bertz CT molecular complexity index is 2970. The van der Waals surface area contributed by atoms with E-state index in [1.54, 1.807) is 0 Å². The molecule has 9 rings (SSSR count). The third kappa shape index (κ3) is 20.4. The van der Waals surface area contributed by atoms with Crippen molar-refractivity contribution in [3.05, 3.63) is 0 Å². The maximum absolute atomic E-state index is 13.0. The lowest BCUT2D eigenvalue weighted by Crippen LogP contribution is -2.70. The molecule has 9 aliphatic rings. The number of carbonyl (C=O) groups excluding carboxylic acids is 4. The molecule has 112 heavy (non-hydrogen) atoms. The summed E-state index contributed by atoms with van der Waals surface area (Å²) in [6.07, 6.45) is -84.1. The van der Waals surface area contributed by atoms with Crippen molar-refractivity contribution in [3.63, 3.8) is 0 Å². The molecular weight excluding hydrogens is 1540 g/mol. The molecule has 4 amide bonds. The highest BCUT2D eigenvalue weighted by molar-refractivity contribution is 5.74. The van der Waals surface area contributed by atoms with Crippen LogP contribution in [0.4, 0.5) is 0 Å². The summed E-state index contributed by atoms with van der Waals surface area (Å²) >= 11 is 0. The van der Waals surface area contributed by atoms with Crippen LogP contribution in [0.1, 0.15) is 27.7 Å². The van der Waals surface area contributed by atoms with Crippen molar-refractivity contribution in [2.45, 2.75) is 304 Å². The van der Waals surface area contributed by atoms with Gasteiger partial charge >= 0.3 is 0 Å². The number of ether oxygens (including phenoxy) is 17. The van der Waals surface area contributed by atoms with E-state index < -0.39 is 359 Å². The van der Waals surface area contributed by atoms with Crippen LogP contribution in [-0.2, 0) is 99.7 Å². The van der Waals surface area contributed by atoms with Crippen molar-refractivity contribution in [1.29, 1.82) is 0 Å². The Morgan fingerprint density at radius 2 is 0.500 bits per heavy atom. The number of carbonyl (C=O) groups is 4. The third-order valence-electron chi connectivity index (χ3n) is 20.3. The lowest BCUT2D eigenvalue weighted by molar-refractivity contribution is -0.396. The fourth-order valence-electron chi connectivity index (χ4n) is 14.3. The Morgan fingerprint density at radius 1 is 0.232 bits per heavy atom. The van der Waals surface area contributed by atoms with E-state index in [2.05, 4.69) is 21.3 Å². The fraction of sp³-hybridized carbons (Fsp3) is 0.935. The van der Waals surface area contributed by atoms with Crippen molar-refractivity contribution in [2.24, 2.45) is 0 Å². The molecule has 50 heteroatoms. The van der Waals surface area contributed by atoms with Crippen LogP contribution in [0.15, 0.2) is 0 Å². The van der Waals surface area contributed by atoms with Crippen molar-refractivity contribution in [3.8, 4) is 0 Å². The number of hydrogen-bond donors (Lipinski definition) is 29. The standard InChI is InChI=1S/C62H104N4O46/c1-14(74)63-27-37(84)31(78)18(5-67)99-56(27)107-50-24(11-73)105-62(53(46(50)93)112-57-28(64-15(2)75)38(85)32(79)19(6-68)100-57)110-51-36(83)26(98-54(95)47(51)94)13-97-61-52(111-58-30(66-17(4)77)40(87)49(23(10-72)104-58)109-60-45(92)42(89)34(81)21(8-70)102-60)43(90)35(82)25(106-61)12-96-55-29(65-16(3)76)39(86)48(22(9-71)103-55)108-59-44(91)41(88)33(80)20(7-69)101-59/h18-62,67-73,78-95H,5-13H2,1-4H3,(H,63,74)(H,64,75)(H,65,76)(H,66,77)/t18-,19-,20-,21-,22-,23-,24-,25-,26-,27-,28-,29-,30-,31-,32-,33+,34+,35-,36-,37-,38-,39-,40-,41+,42+,43+,44-,45-,46+,47+,48-,49-,50-,51+,52+,53+,54-,55-,56+,57+,58+,59+,60+,61+,62-/m1/s1. The van der Waals surface area contributed by atoms with Gasteiger partial charge in [0.05, 0.1) is 59.5 Å². The number of hydrogen-bond acceptors (Lipinski definition) is 46. The molecule has 9 heterocycles. The molecule has 0 radical (unpaired) electrons. The van der Waals surface area contributed by atoms with E-state index in [0.29, 0.717) is 0 Å². The first-order chi connectivity index (χ1) is 53.0. The van der Waals surface area contributed by atoms with Gasteiger partial charge in [-0.25, -0.2) is 0 Å². The van der Waals surface area contributed by atoms with E-state index in [1.165, 1.54) is 0 Å². The van der Waals surface area contributed by atoms with Crippen molar-refractivity contribution < 1.29 is 227 Å². The summed E-state index contributed by atoms with van der Waals surface area (Å²) in [6.45, 7) is -5.64. The Hall–Kier alpha value is -3.80. The second-order valence-electron chi connectivity index (χ2n) is 28.2. The van der Waals surface area contributed by atoms with Crippen LogP contribution >= 0.6 is 0 Å². The molecule has 9 fully saturated rings. The molecule has 0 bridgehead atoms. The van der Waals surface area contributed by atoms with Gasteiger partial charge in [0.1, 0.15) is 219 Å². The average molecular weight is 1640 g/mol. The molecule has 45 atom stereocenters. The van der Waals surface area contributed by atoms with Gasteiger partial charge in [-0.15, -0.1) is 0 Å². The Labute approximate surface area is 634 Å². The van der Waals surface area contributed by atoms with E-state index in [1.807, 2.05) is 0 Å². The second-order valence-corrected chi connectivity index (χ2v) is 28.2. The van der Waals surface area contributed by atoms with E-state index >= 15 is 0 Å². The van der Waals surface area contributed by atoms with Gasteiger partial charge < -0.3 is 229 Å². The maximum Gasteiger partial charge on any atom is 0.217 e. The minimum Gasteiger partial charge on any atom is -0.394 e. The van der Waals surface area contributed by atoms with Crippen molar-refractivity contribution in [1.82, 2.24) is 21.3 Å². The zero-order valence-corrected chi connectivity index (χ0v) is 60.1. The normalized spacial score (nSPS) is 48.9. The molecule has 0 aromatic carbocycles. The van der Waals surface area contributed by atoms with E-state index in [-0.39, 0.29) is 0 Å². The second kappa shape index (κ2) is 40.3. The molecule has 50 nitrogen and oxygen atoms in total. The van der Waals surface area contributed by atoms with Crippen LogP contribution in [0.5, 0.6) is 0 Å². The fourth-order valence-corrected chi connectivity index (χ4v) is 14.3. The summed E-state index contributed by atoms with van der Waals surface area (Å²) in [5, 5.41) is 285. The Morgan fingerprint density at radius 3 is 0.893 bits per heavy atom. The zero-order chi connectivity index (χ0) is 82.5. The lowest BCUT2D eigenvalue weighted by atomic mass is 9.94. The van der Waals surface area contributed by atoms with Crippen LogP contribution in [0.3, 0.4) is 0 Å². The summed E-state index contributed by atoms with van der Waals surface area (Å²) in [5.41, 5.74) is 0. The number of nitrogens with one attached hydrogen (secondary N) is 4. The number of rotatable bonds is 29. The third-order valence-corrected chi connectivity index (χ3v) is 20.3. The number of aliphatic hydroxyl groups is 25. The predicted molar refractivity (Wildman–Crippen MR) is 343 cm³/mol.